The first-order valence-corrected chi connectivity index (χ1v) is 8.22. The molecule has 0 amide bonds. The Labute approximate surface area is 128 Å². The molecule has 0 bridgehead atoms. The number of benzene rings is 1. The molecule has 0 aromatic heterocycles. The molecule has 1 saturated heterocycles. The maximum absolute atomic E-state index is 6.27. The fourth-order valence-electron chi connectivity index (χ4n) is 3.63. The van der Waals surface area contributed by atoms with Crippen LogP contribution in [0.25, 0.3) is 0 Å². The van der Waals surface area contributed by atoms with Crippen molar-refractivity contribution in [1.82, 2.24) is 4.90 Å². The molecule has 1 aliphatic carbocycles. The lowest BCUT2D eigenvalue weighted by Gasteiger charge is -2.29. The van der Waals surface area contributed by atoms with E-state index in [9.17, 15) is 0 Å². The lowest BCUT2D eigenvalue weighted by atomic mass is 9.78. The molecule has 1 aromatic rings. The van der Waals surface area contributed by atoms with E-state index in [0.29, 0.717) is 12.0 Å². The topological polar surface area (TPSA) is 29.3 Å². The van der Waals surface area contributed by atoms with E-state index < -0.39 is 0 Å². The van der Waals surface area contributed by atoms with E-state index in [2.05, 4.69) is 33.0 Å². The summed E-state index contributed by atoms with van der Waals surface area (Å²) in [7, 11) is 0. The van der Waals surface area contributed by atoms with Crippen molar-refractivity contribution in [2.24, 2.45) is 17.6 Å². The van der Waals surface area contributed by atoms with Crippen molar-refractivity contribution in [1.29, 1.82) is 0 Å². The van der Waals surface area contributed by atoms with Crippen LogP contribution in [0, 0.1) is 11.8 Å². The molecular formula is C15H20BrClN2. The third-order valence-corrected chi connectivity index (χ3v) is 5.85. The highest BCUT2D eigenvalue weighted by Gasteiger charge is 2.38. The SMILES string of the molecule is NC1CCCC2CN(Cc3ccc(Br)c(Cl)c3)CC12. The van der Waals surface area contributed by atoms with Gasteiger partial charge in [0.1, 0.15) is 0 Å². The quantitative estimate of drug-likeness (QED) is 0.888. The third kappa shape index (κ3) is 2.99. The fourth-order valence-corrected chi connectivity index (χ4v) is 4.08. The van der Waals surface area contributed by atoms with Crippen LogP contribution in [0.15, 0.2) is 22.7 Å². The zero-order valence-corrected chi connectivity index (χ0v) is 13.3. The molecule has 3 atom stereocenters. The van der Waals surface area contributed by atoms with Crippen LogP contribution in [-0.4, -0.2) is 24.0 Å². The summed E-state index contributed by atoms with van der Waals surface area (Å²) < 4.78 is 0.968. The Bertz CT molecular complexity index is 465. The molecule has 1 aliphatic heterocycles. The van der Waals surface area contributed by atoms with Crippen LogP contribution in [0.5, 0.6) is 0 Å². The summed E-state index contributed by atoms with van der Waals surface area (Å²) in [5.41, 5.74) is 7.56. The molecule has 1 heterocycles. The van der Waals surface area contributed by atoms with Crippen molar-refractivity contribution in [3.8, 4) is 0 Å². The molecule has 3 rings (SSSR count). The summed E-state index contributed by atoms with van der Waals surface area (Å²) in [4.78, 5) is 2.54. The second-order valence-corrected chi connectivity index (χ2v) is 7.22. The lowest BCUT2D eigenvalue weighted by Crippen LogP contribution is -2.38. The van der Waals surface area contributed by atoms with Gasteiger partial charge in [-0.2, -0.15) is 0 Å². The summed E-state index contributed by atoms with van der Waals surface area (Å²) in [6, 6.07) is 6.66. The molecule has 2 aliphatic rings. The second kappa shape index (κ2) is 5.72. The van der Waals surface area contributed by atoms with Gasteiger partial charge in [0.2, 0.25) is 0 Å². The summed E-state index contributed by atoms with van der Waals surface area (Å²) in [5, 5.41) is 0.797. The number of nitrogens with two attached hydrogens (primary N) is 1. The minimum absolute atomic E-state index is 0.414. The molecule has 3 unspecified atom stereocenters. The molecule has 2 fully saturated rings. The third-order valence-electron chi connectivity index (χ3n) is 4.62. The van der Waals surface area contributed by atoms with Crippen LogP contribution in [0.1, 0.15) is 24.8 Å². The first-order chi connectivity index (χ1) is 9.13. The molecule has 104 valence electrons. The Kier molecular flexibility index (Phi) is 4.18. The van der Waals surface area contributed by atoms with Gasteiger partial charge in [0.25, 0.3) is 0 Å². The molecule has 1 aromatic carbocycles. The number of likely N-dealkylation sites (tertiary alicyclic amines) is 1. The second-order valence-electron chi connectivity index (χ2n) is 5.96. The van der Waals surface area contributed by atoms with E-state index in [4.69, 9.17) is 17.3 Å². The van der Waals surface area contributed by atoms with Crippen LogP contribution in [-0.2, 0) is 6.54 Å². The van der Waals surface area contributed by atoms with Gasteiger partial charge in [-0.15, -0.1) is 0 Å². The standard InChI is InChI=1S/C15H20BrClN2/c16-13-5-4-10(6-14(13)17)7-19-8-11-2-1-3-15(18)12(11)9-19/h4-6,11-12,15H,1-3,7-9,18H2. The fraction of sp³-hybridized carbons (Fsp3) is 0.600. The first-order valence-electron chi connectivity index (χ1n) is 7.05. The molecule has 0 spiro atoms. The Morgan fingerprint density at radius 1 is 1.32 bits per heavy atom. The Balaban J connectivity index is 1.66. The van der Waals surface area contributed by atoms with E-state index in [1.807, 2.05) is 6.07 Å². The summed E-state index contributed by atoms with van der Waals surface area (Å²) >= 11 is 9.60. The normalized spacial score (nSPS) is 31.4. The molecule has 2 nitrogen and oxygen atoms in total. The largest absolute Gasteiger partial charge is 0.327 e. The van der Waals surface area contributed by atoms with Gasteiger partial charge in [-0.05, 0) is 58.3 Å². The van der Waals surface area contributed by atoms with Gasteiger partial charge < -0.3 is 5.73 Å². The number of rotatable bonds is 2. The van der Waals surface area contributed by atoms with Crippen molar-refractivity contribution in [3.05, 3.63) is 33.3 Å². The van der Waals surface area contributed by atoms with Crippen molar-refractivity contribution >= 4 is 27.5 Å². The predicted molar refractivity (Wildman–Crippen MR) is 83.2 cm³/mol. The summed E-state index contributed by atoms with van der Waals surface area (Å²) in [6.07, 6.45) is 3.87. The maximum atomic E-state index is 6.27. The van der Waals surface area contributed by atoms with Gasteiger partial charge in [0.05, 0.1) is 5.02 Å². The number of hydrogen-bond donors (Lipinski definition) is 1. The molecule has 0 radical (unpaired) electrons. The average Bonchev–Trinajstić information content (AvgIpc) is 2.78. The molecule has 4 heteroatoms. The maximum Gasteiger partial charge on any atom is 0.0551 e. The smallest absolute Gasteiger partial charge is 0.0551 e. The number of nitrogens with zero attached hydrogens (tertiary/aromatic N) is 1. The Morgan fingerprint density at radius 2 is 2.16 bits per heavy atom. The zero-order valence-electron chi connectivity index (χ0n) is 11.0. The van der Waals surface area contributed by atoms with Gasteiger partial charge >= 0.3 is 0 Å². The summed E-state index contributed by atoms with van der Waals surface area (Å²) in [6.45, 7) is 3.35. The lowest BCUT2D eigenvalue weighted by molar-refractivity contribution is 0.259. The number of fused-ring (bicyclic) bond motifs is 1. The van der Waals surface area contributed by atoms with E-state index >= 15 is 0 Å². The van der Waals surface area contributed by atoms with Crippen LogP contribution < -0.4 is 5.73 Å². The van der Waals surface area contributed by atoms with Crippen molar-refractivity contribution in [2.75, 3.05) is 13.1 Å². The van der Waals surface area contributed by atoms with Crippen molar-refractivity contribution < 1.29 is 0 Å². The Morgan fingerprint density at radius 3 is 2.89 bits per heavy atom. The highest BCUT2D eigenvalue weighted by Crippen LogP contribution is 2.36. The van der Waals surface area contributed by atoms with Gasteiger partial charge in [-0.1, -0.05) is 24.1 Å². The van der Waals surface area contributed by atoms with Crippen molar-refractivity contribution in [3.63, 3.8) is 0 Å². The van der Waals surface area contributed by atoms with Crippen LogP contribution in [0.3, 0.4) is 0 Å². The van der Waals surface area contributed by atoms with Gasteiger partial charge in [0.15, 0.2) is 0 Å². The number of hydrogen-bond acceptors (Lipinski definition) is 2. The minimum Gasteiger partial charge on any atom is -0.327 e. The molecule has 2 N–H and O–H groups in total. The molecular weight excluding hydrogens is 324 g/mol. The van der Waals surface area contributed by atoms with Crippen molar-refractivity contribution in [2.45, 2.75) is 31.8 Å². The van der Waals surface area contributed by atoms with E-state index in [1.54, 1.807) is 0 Å². The van der Waals surface area contributed by atoms with E-state index in [0.717, 1.165) is 28.5 Å². The van der Waals surface area contributed by atoms with Crippen LogP contribution >= 0.6 is 27.5 Å². The average molecular weight is 344 g/mol. The Hall–Kier alpha value is -0.0900. The zero-order chi connectivity index (χ0) is 13.4. The van der Waals surface area contributed by atoms with Crippen LogP contribution in [0.2, 0.25) is 5.02 Å². The molecule has 1 saturated carbocycles. The summed E-state index contributed by atoms with van der Waals surface area (Å²) in [5.74, 6) is 1.52. The highest BCUT2D eigenvalue weighted by atomic mass is 79.9. The van der Waals surface area contributed by atoms with E-state index in [1.165, 1.54) is 31.4 Å². The first kappa shape index (κ1) is 13.9. The van der Waals surface area contributed by atoms with Gasteiger partial charge in [0, 0.05) is 30.1 Å². The molecule has 19 heavy (non-hydrogen) atoms. The predicted octanol–water partition coefficient (Wildman–Crippen LogP) is 3.66. The van der Waals surface area contributed by atoms with E-state index in [-0.39, 0.29) is 0 Å². The van der Waals surface area contributed by atoms with Gasteiger partial charge in [-0.25, -0.2) is 0 Å². The monoisotopic (exact) mass is 342 g/mol. The van der Waals surface area contributed by atoms with Crippen LogP contribution in [0.4, 0.5) is 0 Å². The van der Waals surface area contributed by atoms with Gasteiger partial charge in [-0.3, -0.25) is 4.90 Å². The highest BCUT2D eigenvalue weighted by molar-refractivity contribution is 9.10. The minimum atomic E-state index is 0.414. The number of halogens is 2.